The number of anilines is 1. The Morgan fingerprint density at radius 1 is 1.08 bits per heavy atom. The Kier molecular flexibility index (Phi) is 5.75. The number of piperazine rings is 1. The topological polar surface area (TPSA) is 56.6 Å². The number of ether oxygens (including phenoxy) is 1. The fourth-order valence-corrected chi connectivity index (χ4v) is 3.24. The molecule has 0 atom stereocenters. The highest BCUT2D eigenvalue weighted by molar-refractivity contribution is 5.77. The maximum absolute atomic E-state index is 12.5. The molecular formula is C21H23N3O2. The largest absolute Gasteiger partial charge is 0.495 e. The molecule has 1 fully saturated rings. The number of rotatable bonds is 5. The number of carbonyl (C=O) groups is 1. The van der Waals surface area contributed by atoms with Gasteiger partial charge in [0.2, 0.25) is 5.91 Å². The lowest BCUT2D eigenvalue weighted by Gasteiger charge is -2.36. The standard InChI is InChI=1S/C21H23N3O2/c1-26-20-5-3-2-4-19(20)23-12-14-24(15-13-23)21(25)11-10-17-6-8-18(16-22)9-7-17/h2-9H,10-15H2,1H3. The summed E-state index contributed by atoms with van der Waals surface area (Å²) in [7, 11) is 1.68. The van der Waals surface area contributed by atoms with Gasteiger partial charge in [0.15, 0.2) is 0 Å². The number of para-hydroxylation sites is 2. The third-order valence-electron chi connectivity index (χ3n) is 4.77. The van der Waals surface area contributed by atoms with Gasteiger partial charge in [-0.05, 0) is 36.2 Å². The molecule has 0 aliphatic carbocycles. The van der Waals surface area contributed by atoms with E-state index in [0.717, 1.165) is 43.2 Å². The van der Waals surface area contributed by atoms with Crippen molar-refractivity contribution < 1.29 is 9.53 Å². The molecule has 26 heavy (non-hydrogen) atoms. The van der Waals surface area contributed by atoms with Gasteiger partial charge in [-0.25, -0.2) is 0 Å². The van der Waals surface area contributed by atoms with Crippen molar-refractivity contribution in [1.82, 2.24) is 4.90 Å². The summed E-state index contributed by atoms with van der Waals surface area (Å²) in [5.74, 6) is 1.06. The summed E-state index contributed by atoms with van der Waals surface area (Å²) < 4.78 is 5.43. The molecule has 1 aliphatic heterocycles. The number of benzene rings is 2. The molecule has 0 radical (unpaired) electrons. The van der Waals surface area contributed by atoms with Crippen LogP contribution in [0.25, 0.3) is 0 Å². The molecule has 0 unspecified atom stereocenters. The zero-order valence-corrected chi connectivity index (χ0v) is 15.0. The van der Waals surface area contributed by atoms with Crippen LogP contribution in [0.15, 0.2) is 48.5 Å². The highest BCUT2D eigenvalue weighted by Gasteiger charge is 2.22. The zero-order chi connectivity index (χ0) is 18.4. The number of amides is 1. The van der Waals surface area contributed by atoms with Crippen LogP contribution in [-0.2, 0) is 11.2 Å². The first-order valence-electron chi connectivity index (χ1n) is 8.86. The summed E-state index contributed by atoms with van der Waals surface area (Å²) in [4.78, 5) is 16.7. The number of methoxy groups -OCH3 is 1. The first-order chi connectivity index (χ1) is 12.7. The van der Waals surface area contributed by atoms with Gasteiger partial charge in [-0.1, -0.05) is 24.3 Å². The van der Waals surface area contributed by atoms with Gasteiger partial charge in [0.25, 0.3) is 0 Å². The lowest BCUT2D eigenvalue weighted by molar-refractivity contribution is -0.131. The van der Waals surface area contributed by atoms with Crippen molar-refractivity contribution in [2.24, 2.45) is 0 Å². The van der Waals surface area contributed by atoms with E-state index in [1.165, 1.54) is 0 Å². The van der Waals surface area contributed by atoms with E-state index in [9.17, 15) is 4.79 Å². The Morgan fingerprint density at radius 2 is 1.77 bits per heavy atom. The molecule has 5 nitrogen and oxygen atoms in total. The van der Waals surface area contributed by atoms with E-state index in [-0.39, 0.29) is 5.91 Å². The maximum Gasteiger partial charge on any atom is 0.223 e. The average Bonchev–Trinajstić information content (AvgIpc) is 2.72. The predicted octanol–water partition coefficient (Wildman–Crippen LogP) is 2.85. The SMILES string of the molecule is COc1ccccc1N1CCN(C(=O)CCc2ccc(C#N)cc2)CC1. The van der Waals surface area contributed by atoms with Crippen molar-refractivity contribution in [2.45, 2.75) is 12.8 Å². The number of aryl methyl sites for hydroxylation is 1. The van der Waals surface area contributed by atoms with E-state index in [2.05, 4.69) is 17.0 Å². The minimum Gasteiger partial charge on any atom is -0.495 e. The molecule has 1 saturated heterocycles. The van der Waals surface area contributed by atoms with Gasteiger partial charge in [-0.2, -0.15) is 5.26 Å². The van der Waals surface area contributed by atoms with Gasteiger partial charge in [0.05, 0.1) is 24.4 Å². The van der Waals surface area contributed by atoms with Gasteiger partial charge >= 0.3 is 0 Å². The van der Waals surface area contributed by atoms with Crippen molar-refractivity contribution in [3.05, 3.63) is 59.7 Å². The Bertz CT molecular complexity index is 788. The second kappa shape index (κ2) is 8.39. The Balaban J connectivity index is 1.51. The summed E-state index contributed by atoms with van der Waals surface area (Å²) in [5.41, 5.74) is 2.82. The number of nitriles is 1. The molecule has 0 saturated carbocycles. The Labute approximate surface area is 154 Å². The van der Waals surface area contributed by atoms with Gasteiger partial charge in [0.1, 0.15) is 5.75 Å². The molecule has 1 aliphatic rings. The monoisotopic (exact) mass is 349 g/mol. The summed E-state index contributed by atoms with van der Waals surface area (Å²) in [5, 5.41) is 8.83. The van der Waals surface area contributed by atoms with E-state index in [1.807, 2.05) is 35.2 Å². The van der Waals surface area contributed by atoms with Gasteiger partial charge in [-0.15, -0.1) is 0 Å². The fraction of sp³-hybridized carbons (Fsp3) is 0.333. The quantitative estimate of drug-likeness (QED) is 0.833. The molecule has 3 rings (SSSR count). The highest BCUT2D eigenvalue weighted by atomic mass is 16.5. The highest BCUT2D eigenvalue weighted by Crippen LogP contribution is 2.28. The first-order valence-corrected chi connectivity index (χ1v) is 8.86. The number of carbonyl (C=O) groups excluding carboxylic acids is 1. The fourth-order valence-electron chi connectivity index (χ4n) is 3.24. The molecule has 0 bridgehead atoms. The molecule has 0 N–H and O–H groups in total. The summed E-state index contributed by atoms with van der Waals surface area (Å²) in [6, 6.07) is 17.5. The van der Waals surface area contributed by atoms with Crippen molar-refractivity contribution in [1.29, 1.82) is 5.26 Å². The number of nitrogens with zero attached hydrogens (tertiary/aromatic N) is 3. The second-order valence-corrected chi connectivity index (χ2v) is 6.35. The smallest absolute Gasteiger partial charge is 0.223 e. The summed E-state index contributed by atoms with van der Waals surface area (Å²) >= 11 is 0. The average molecular weight is 349 g/mol. The molecule has 134 valence electrons. The molecule has 2 aromatic carbocycles. The van der Waals surface area contributed by atoms with E-state index in [4.69, 9.17) is 10.00 Å². The minimum atomic E-state index is 0.189. The molecular weight excluding hydrogens is 326 g/mol. The van der Waals surface area contributed by atoms with Gasteiger partial charge < -0.3 is 14.5 Å². The number of hydrogen-bond donors (Lipinski definition) is 0. The number of hydrogen-bond acceptors (Lipinski definition) is 4. The predicted molar refractivity (Wildman–Crippen MR) is 101 cm³/mol. The van der Waals surface area contributed by atoms with Crippen molar-refractivity contribution in [3.63, 3.8) is 0 Å². The lowest BCUT2D eigenvalue weighted by Crippen LogP contribution is -2.48. The van der Waals surface area contributed by atoms with Crippen molar-refractivity contribution >= 4 is 11.6 Å². The van der Waals surface area contributed by atoms with E-state index >= 15 is 0 Å². The van der Waals surface area contributed by atoms with E-state index in [0.29, 0.717) is 18.4 Å². The first kappa shape index (κ1) is 17.8. The maximum atomic E-state index is 12.5. The van der Waals surface area contributed by atoms with E-state index < -0.39 is 0 Å². The third kappa shape index (κ3) is 4.15. The summed E-state index contributed by atoms with van der Waals surface area (Å²) in [6.07, 6.45) is 1.21. The van der Waals surface area contributed by atoms with Crippen LogP contribution in [0.4, 0.5) is 5.69 Å². The molecule has 0 spiro atoms. The summed E-state index contributed by atoms with van der Waals surface area (Å²) in [6.45, 7) is 3.07. The van der Waals surface area contributed by atoms with Crippen molar-refractivity contribution in [2.75, 3.05) is 38.2 Å². The van der Waals surface area contributed by atoms with Crippen LogP contribution >= 0.6 is 0 Å². The third-order valence-corrected chi connectivity index (χ3v) is 4.77. The van der Waals surface area contributed by atoms with E-state index in [1.54, 1.807) is 19.2 Å². The van der Waals surface area contributed by atoms with Gasteiger partial charge in [0, 0.05) is 32.6 Å². The second-order valence-electron chi connectivity index (χ2n) is 6.35. The van der Waals surface area contributed by atoms with Crippen LogP contribution in [0.5, 0.6) is 5.75 Å². The Hall–Kier alpha value is -3.00. The van der Waals surface area contributed by atoms with Crippen LogP contribution in [0, 0.1) is 11.3 Å². The Morgan fingerprint density at radius 3 is 2.42 bits per heavy atom. The molecule has 1 amide bonds. The minimum absolute atomic E-state index is 0.189. The van der Waals surface area contributed by atoms with Gasteiger partial charge in [-0.3, -0.25) is 4.79 Å². The molecule has 1 heterocycles. The van der Waals surface area contributed by atoms with Crippen LogP contribution in [0.3, 0.4) is 0 Å². The van der Waals surface area contributed by atoms with Crippen LogP contribution < -0.4 is 9.64 Å². The van der Waals surface area contributed by atoms with Crippen molar-refractivity contribution in [3.8, 4) is 11.8 Å². The van der Waals surface area contributed by atoms with Crippen LogP contribution in [0.2, 0.25) is 0 Å². The molecule has 5 heteroatoms. The molecule has 2 aromatic rings. The van der Waals surface area contributed by atoms with Crippen LogP contribution in [-0.4, -0.2) is 44.1 Å². The van der Waals surface area contributed by atoms with Crippen LogP contribution in [0.1, 0.15) is 17.5 Å². The lowest BCUT2D eigenvalue weighted by atomic mass is 10.1. The normalized spacial score (nSPS) is 14.0. The molecule has 0 aromatic heterocycles. The zero-order valence-electron chi connectivity index (χ0n) is 15.0.